The first kappa shape index (κ1) is 22.0. The predicted octanol–water partition coefficient (Wildman–Crippen LogP) is 4.37. The number of carbonyl (C=O) groups excluding carboxylic acids is 3. The van der Waals surface area contributed by atoms with E-state index in [1.165, 1.54) is 0 Å². The van der Waals surface area contributed by atoms with Crippen molar-refractivity contribution < 1.29 is 23.9 Å². The number of carbonyl (C=O) groups is 3. The first-order valence-electron chi connectivity index (χ1n) is 8.26. The number of hydrogen-bond acceptors (Lipinski definition) is 6. The number of benzene rings is 1. The molecule has 0 amide bonds. The Balaban J connectivity index is 2.91. The summed E-state index contributed by atoms with van der Waals surface area (Å²) >= 11 is 1.15. The Hall–Kier alpha value is -2.08. The quantitative estimate of drug-likeness (QED) is 0.317. The first-order chi connectivity index (χ1) is 11.9. The van der Waals surface area contributed by atoms with Gasteiger partial charge < -0.3 is 9.47 Å². The van der Waals surface area contributed by atoms with E-state index in [1.54, 1.807) is 41.5 Å². The van der Waals surface area contributed by atoms with E-state index in [4.69, 9.17) is 9.47 Å². The van der Waals surface area contributed by atoms with Gasteiger partial charge in [0.05, 0.1) is 15.7 Å². The molecule has 0 radical (unpaired) electrons. The van der Waals surface area contributed by atoms with E-state index in [9.17, 15) is 14.4 Å². The molecule has 0 saturated heterocycles. The summed E-state index contributed by atoms with van der Waals surface area (Å²) in [7, 11) is 0. The molecule has 5 nitrogen and oxygen atoms in total. The maximum atomic E-state index is 12.5. The van der Waals surface area contributed by atoms with E-state index in [0.29, 0.717) is 0 Å². The van der Waals surface area contributed by atoms with Gasteiger partial charge in [0.25, 0.3) is 0 Å². The van der Waals surface area contributed by atoms with Gasteiger partial charge in [-0.15, -0.1) is 0 Å². The normalized spacial score (nSPS) is 12.5. The molecule has 0 fully saturated rings. The second-order valence-corrected chi connectivity index (χ2v) is 8.92. The third-order valence-corrected chi connectivity index (χ3v) is 4.13. The number of rotatable bonds is 6. The largest absolute Gasteiger partial charge is 0.457 e. The summed E-state index contributed by atoms with van der Waals surface area (Å²) in [6.45, 7) is 9.89. The van der Waals surface area contributed by atoms with E-state index in [0.717, 1.165) is 22.9 Å². The SMILES string of the molecule is CC(C)(C)C(=O)O/C=C(\Sc1ccccc1)C(=O)COC(=O)C(C)(C)C. The lowest BCUT2D eigenvalue weighted by Gasteiger charge is -2.17. The van der Waals surface area contributed by atoms with Gasteiger partial charge in [-0.2, -0.15) is 0 Å². The highest BCUT2D eigenvalue weighted by atomic mass is 32.2. The summed E-state index contributed by atoms with van der Waals surface area (Å²) < 4.78 is 10.2. The summed E-state index contributed by atoms with van der Waals surface area (Å²) in [5.41, 5.74) is -1.39. The smallest absolute Gasteiger partial charge is 0.316 e. The molecule has 0 heterocycles. The van der Waals surface area contributed by atoms with Crippen LogP contribution in [0.4, 0.5) is 0 Å². The van der Waals surface area contributed by atoms with E-state index in [2.05, 4.69) is 0 Å². The molecule has 26 heavy (non-hydrogen) atoms. The molecule has 0 aliphatic heterocycles. The highest BCUT2D eigenvalue weighted by molar-refractivity contribution is 8.04. The molecule has 0 unspecified atom stereocenters. The molecule has 0 aliphatic rings. The van der Waals surface area contributed by atoms with Gasteiger partial charge in [-0.25, -0.2) is 0 Å². The maximum absolute atomic E-state index is 12.5. The third-order valence-electron chi connectivity index (χ3n) is 3.08. The van der Waals surface area contributed by atoms with Gasteiger partial charge in [-0.3, -0.25) is 14.4 Å². The van der Waals surface area contributed by atoms with Gasteiger partial charge in [0.2, 0.25) is 5.78 Å². The molecule has 1 rings (SSSR count). The Morgan fingerprint density at radius 3 is 1.96 bits per heavy atom. The van der Waals surface area contributed by atoms with Crippen molar-refractivity contribution in [1.29, 1.82) is 0 Å². The zero-order chi connectivity index (χ0) is 20.0. The number of esters is 2. The highest BCUT2D eigenvalue weighted by Crippen LogP contribution is 2.28. The maximum Gasteiger partial charge on any atom is 0.316 e. The number of thioether (sulfide) groups is 1. The summed E-state index contributed by atoms with van der Waals surface area (Å²) in [5, 5.41) is 0. The second-order valence-electron chi connectivity index (χ2n) is 7.80. The van der Waals surface area contributed by atoms with Crippen molar-refractivity contribution in [2.24, 2.45) is 10.8 Å². The molecule has 0 atom stereocenters. The van der Waals surface area contributed by atoms with E-state index in [1.807, 2.05) is 30.3 Å². The van der Waals surface area contributed by atoms with Gasteiger partial charge in [-0.05, 0) is 53.7 Å². The van der Waals surface area contributed by atoms with Crippen LogP contribution in [-0.4, -0.2) is 24.3 Å². The Morgan fingerprint density at radius 2 is 1.46 bits per heavy atom. The lowest BCUT2D eigenvalue weighted by molar-refractivity contribution is -0.155. The van der Waals surface area contributed by atoms with Crippen LogP contribution in [0.3, 0.4) is 0 Å². The molecule has 1 aromatic rings. The number of Topliss-reactive ketones (excluding diaryl/α,β-unsaturated/α-hetero) is 1. The van der Waals surface area contributed by atoms with Crippen molar-refractivity contribution in [2.45, 2.75) is 46.4 Å². The Kier molecular flexibility index (Phi) is 7.63. The Bertz CT molecular complexity index is 678. The van der Waals surface area contributed by atoms with Crippen LogP contribution in [0, 0.1) is 10.8 Å². The summed E-state index contributed by atoms with van der Waals surface area (Å²) in [6.07, 6.45) is 1.14. The summed E-state index contributed by atoms with van der Waals surface area (Å²) in [5.74, 6) is -1.36. The van der Waals surface area contributed by atoms with Crippen molar-refractivity contribution in [3.05, 3.63) is 41.5 Å². The molecule has 0 saturated carbocycles. The van der Waals surface area contributed by atoms with Crippen LogP contribution in [0.1, 0.15) is 41.5 Å². The summed E-state index contributed by atoms with van der Waals surface area (Å²) in [6, 6.07) is 9.20. The molecule has 0 bridgehead atoms. The summed E-state index contributed by atoms with van der Waals surface area (Å²) in [4.78, 5) is 37.3. The number of ketones is 1. The Morgan fingerprint density at radius 1 is 0.923 bits per heavy atom. The average Bonchev–Trinajstić information content (AvgIpc) is 2.54. The van der Waals surface area contributed by atoms with Crippen LogP contribution in [0.15, 0.2) is 46.4 Å². The van der Waals surface area contributed by atoms with E-state index in [-0.39, 0.29) is 4.91 Å². The van der Waals surface area contributed by atoms with Crippen molar-refractivity contribution in [3.8, 4) is 0 Å². The fourth-order valence-corrected chi connectivity index (χ4v) is 2.28. The predicted molar refractivity (Wildman–Crippen MR) is 101 cm³/mol. The molecule has 0 N–H and O–H groups in total. The standard InChI is InChI=1S/C20H26O5S/c1-19(2,3)17(22)24-12-15(21)16(13-25-18(23)20(4,5)6)26-14-10-8-7-9-11-14/h7-11,13H,12H2,1-6H3/b16-13-. The van der Waals surface area contributed by atoms with Crippen molar-refractivity contribution in [2.75, 3.05) is 6.61 Å². The van der Waals surface area contributed by atoms with Crippen molar-refractivity contribution >= 4 is 29.5 Å². The van der Waals surface area contributed by atoms with Gasteiger partial charge in [-0.1, -0.05) is 30.0 Å². The molecule has 0 spiro atoms. The molecular weight excluding hydrogens is 352 g/mol. The fraction of sp³-hybridized carbons (Fsp3) is 0.450. The zero-order valence-corrected chi connectivity index (χ0v) is 16.9. The van der Waals surface area contributed by atoms with Gasteiger partial charge >= 0.3 is 11.9 Å². The molecule has 0 aliphatic carbocycles. The lowest BCUT2D eigenvalue weighted by Crippen LogP contribution is -2.26. The minimum atomic E-state index is -0.699. The van der Waals surface area contributed by atoms with Crippen LogP contribution in [0.5, 0.6) is 0 Å². The molecule has 1 aromatic carbocycles. The van der Waals surface area contributed by atoms with Crippen LogP contribution in [-0.2, 0) is 23.9 Å². The zero-order valence-electron chi connectivity index (χ0n) is 16.1. The van der Waals surface area contributed by atoms with Crippen molar-refractivity contribution in [3.63, 3.8) is 0 Å². The van der Waals surface area contributed by atoms with Crippen LogP contribution < -0.4 is 0 Å². The van der Waals surface area contributed by atoms with Crippen LogP contribution in [0.25, 0.3) is 0 Å². The fourth-order valence-electron chi connectivity index (χ4n) is 1.46. The van der Waals surface area contributed by atoms with E-state index < -0.39 is 35.2 Å². The van der Waals surface area contributed by atoms with Gasteiger partial charge in [0.1, 0.15) is 6.26 Å². The molecular formula is C20H26O5S. The minimum Gasteiger partial charge on any atom is -0.457 e. The first-order valence-corrected chi connectivity index (χ1v) is 9.07. The Labute approximate surface area is 159 Å². The lowest BCUT2D eigenvalue weighted by atomic mass is 9.97. The molecule has 0 aromatic heterocycles. The minimum absolute atomic E-state index is 0.190. The molecule has 6 heteroatoms. The average molecular weight is 378 g/mol. The van der Waals surface area contributed by atoms with Crippen LogP contribution >= 0.6 is 11.8 Å². The monoisotopic (exact) mass is 378 g/mol. The highest BCUT2D eigenvalue weighted by Gasteiger charge is 2.26. The number of ether oxygens (including phenoxy) is 2. The van der Waals surface area contributed by atoms with Crippen molar-refractivity contribution in [1.82, 2.24) is 0 Å². The number of hydrogen-bond donors (Lipinski definition) is 0. The van der Waals surface area contributed by atoms with E-state index >= 15 is 0 Å². The van der Waals surface area contributed by atoms with Gasteiger partial charge in [0.15, 0.2) is 6.61 Å². The molecule has 142 valence electrons. The topological polar surface area (TPSA) is 69.7 Å². The second kappa shape index (κ2) is 9.03. The van der Waals surface area contributed by atoms with Gasteiger partial charge in [0, 0.05) is 4.90 Å². The third kappa shape index (κ3) is 7.44. The van der Waals surface area contributed by atoms with Crippen LogP contribution in [0.2, 0.25) is 0 Å².